The Morgan fingerprint density at radius 1 is 1.25 bits per heavy atom. The predicted octanol–water partition coefficient (Wildman–Crippen LogP) is 4.69. The summed E-state index contributed by atoms with van der Waals surface area (Å²) in [7, 11) is 1.58. The first-order valence-corrected chi connectivity index (χ1v) is 8.88. The van der Waals surface area contributed by atoms with Crippen LogP contribution in [0.3, 0.4) is 0 Å². The molecule has 0 unspecified atom stereocenters. The third-order valence-corrected chi connectivity index (χ3v) is 5.49. The molecule has 0 aromatic carbocycles. The van der Waals surface area contributed by atoms with E-state index in [2.05, 4.69) is 33.1 Å². The molecule has 0 amide bonds. The maximum atomic E-state index is 12.2. The zero-order chi connectivity index (χ0) is 16.8. The van der Waals surface area contributed by atoms with E-state index >= 15 is 0 Å². The van der Waals surface area contributed by atoms with Crippen LogP contribution in [0.1, 0.15) is 43.4 Å². The van der Waals surface area contributed by atoms with Crippen molar-refractivity contribution in [2.45, 2.75) is 50.1 Å². The Morgan fingerprint density at radius 3 is 2.50 bits per heavy atom. The van der Waals surface area contributed by atoms with E-state index < -0.39 is 12.6 Å². The van der Waals surface area contributed by atoms with E-state index in [1.807, 2.05) is 0 Å². The van der Waals surface area contributed by atoms with Gasteiger partial charge in [0.25, 0.3) is 0 Å². The van der Waals surface area contributed by atoms with E-state index in [-0.39, 0.29) is 35.9 Å². The molecule has 8 heteroatoms. The summed E-state index contributed by atoms with van der Waals surface area (Å²) in [6, 6.07) is 4.23. The molecule has 0 spiro atoms. The molecule has 3 nitrogen and oxygen atoms in total. The molecule has 1 aromatic rings. The molecule has 1 fully saturated rings. The smallest absolute Gasteiger partial charge is 0.356 e. The summed E-state index contributed by atoms with van der Waals surface area (Å²) in [5.41, 5.74) is 0.0774. The highest BCUT2D eigenvalue weighted by atomic mass is 127. The first-order chi connectivity index (χ1) is 11.0. The molecule has 0 radical (unpaired) electrons. The molecule has 0 saturated heterocycles. The minimum Gasteiger partial charge on any atom is -0.356 e. The van der Waals surface area contributed by atoms with Crippen molar-refractivity contribution in [1.82, 2.24) is 10.6 Å². The molecule has 1 saturated carbocycles. The van der Waals surface area contributed by atoms with E-state index in [4.69, 9.17) is 0 Å². The Balaban J connectivity index is 0.00000288. The number of rotatable bonds is 5. The van der Waals surface area contributed by atoms with Crippen LogP contribution < -0.4 is 10.6 Å². The van der Waals surface area contributed by atoms with Crippen LogP contribution in [0.15, 0.2) is 22.5 Å². The van der Waals surface area contributed by atoms with E-state index in [1.165, 1.54) is 24.1 Å². The van der Waals surface area contributed by atoms with E-state index in [0.29, 0.717) is 12.5 Å². The number of guanidine groups is 1. The molecule has 2 rings (SSSR count). The number of aliphatic imine (C=N–C) groups is 1. The van der Waals surface area contributed by atoms with Gasteiger partial charge in [-0.25, -0.2) is 0 Å². The van der Waals surface area contributed by atoms with Crippen LogP contribution in [0.4, 0.5) is 13.2 Å². The van der Waals surface area contributed by atoms with Gasteiger partial charge in [0.05, 0.1) is 6.42 Å². The van der Waals surface area contributed by atoms with Gasteiger partial charge in [-0.05, 0) is 24.3 Å². The molecule has 24 heavy (non-hydrogen) atoms. The Morgan fingerprint density at radius 2 is 1.96 bits per heavy atom. The standard InChI is InChI=1S/C16H24F3N3S.HI/c1-20-14(21-10-9-16(17,18)19)22-12-15(7-3-2-4-8-15)13-6-5-11-23-13;/h5-6,11H,2-4,7-10,12H2,1H3,(H2,20,21,22);1H. The summed E-state index contributed by atoms with van der Waals surface area (Å²) < 4.78 is 36.7. The van der Waals surface area contributed by atoms with Gasteiger partial charge in [-0.2, -0.15) is 13.2 Å². The predicted molar refractivity (Wildman–Crippen MR) is 105 cm³/mol. The van der Waals surface area contributed by atoms with Gasteiger partial charge in [0.2, 0.25) is 0 Å². The van der Waals surface area contributed by atoms with Gasteiger partial charge in [0.1, 0.15) is 0 Å². The van der Waals surface area contributed by atoms with Crippen LogP contribution in [0, 0.1) is 0 Å². The van der Waals surface area contributed by atoms with Crippen molar-refractivity contribution >= 4 is 41.3 Å². The summed E-state index contributed by atoms with van der Waals surface area (Å²) in [5.74, 6) is 0.441. The van der Waals surface area contributed by atoms with Crippen LogP contribution in [0.5, 0.6) is 0 Å². The van der Waals surface area contributed by atoms with Gasteiger partial charge < -0.3 is 10.6 Å². The van der Waals surface area contributed by atoms with Crippen molar-refractivity contribution in [2.75, 3.05) is 20.1 Å². The van der Waals surface area contributed by atoms with Crippen molar-refractivity contribution in [3.05, 3.63) is 22.4 Å². The average Bonchev–Trinajstić information content (AvgIpc) is 3.05. The fourth-order valence-corrected chi connectivity index (χ4v) is 4.10. The van der Waals surface area contributed by atoms with Crippen molar-refractivity contribution in [3.8, 4) is 0 Å². The maximum absolute atomic E-state index is 12.2. The zero-order valence-electron chi connectivity index (χ0n) is 13.8. The summed E-state index contributed by atoms with van der Waals surface area (Å²) in [5, 5.41) is 8.07. The van der Waals surface area contributed by atoms with Gasteiger partial charge >= 0.3 is 6.18 Å². The fraction of sp³-hybridized carbons (Fsp3) is 0.688. The number of hydrogen-bond donors (Lipinski definition) is 2. The molecule has 0 atom stereocenters. The SMILES string of the molecule is CN=C(NCCC(F)(F)F)NCC1(c2cccs2)CCCCC1.I. The van der Waals surface area contributed by atoms with Crippen LogP contribution in [0.25, 0.3) is 0 Å². The summed E-state index contributed by atoms with van der Waals surface area (Å²) >= 11 is 1.76. The maximum Gasteiger partial charge on any atom is 0.390 e. The van der Waals surface area contributed by atoms with Gasteiger partial charge in [-0.3, -0.25) is 4.99 Å². The molecule has 2 N–H and O–H groups in total. The number of halogens is 4. The van der Waals surface area contributed by atoms with Gasteiger partial charge in [-0.15, -0.1) is 35.3 Å². The number of hydrogen-bond acceptors (Lipinski definition) is 2. The van der Waals surface area contributed by atoms with Crippen LogP contribution in [-0.4, -0.2) is 32.3 Å². The van der Waals surface area contributed by atoms with Gasteiger partial charge in [-0.1, -0.05) is 25.3 Å². The number of alkyl halides is 3. The molecule has 138 valence electrons. The quantitative estimate of drug-likeness (QED) is 0.369. The minimum atomic E-state index is -4.15. The monoisotopic (exact) mass is 475 g/mol. The Bertz CT molecular complexity index is 497. The molecule has 0 aliphatic heterocycles. The highest BCUT2D eigenvalue weighted by molar-refractivity contribution is 14.0. The third-order valence-electron chi connectivity index (χ3n) is 4.37. The lowest BCUT2D eigenvalue weighted by Gasteiger charge is -2.37. The summed E-state index contributed by atoms with van der Waals surface area (Å²) in [4.78, 5) is 5.39. The van der Waals surface area contributed by atoms with Crippen molar-refractivity contribution in [1.29, 1.82) is 0 Å². The fourth-order valence-electron chi connectivity index (χ4n) is 3.12. The lowest BCUT2D eigenvalue weighted by atomic mass is 9.73. The van der Waals surface area contributed by atoms with Crippen molar-refractivity contribution in [2.24, 2.45) is 4.99 Å². The first kappa shape index (κ1) is 21.5. The van der Waals surface area contributed by atoms with E-state index in [9.17, 15) is 13.2 Å². The Hall–Kier alpha value is -0.510. The summed E-state index contributed by atoms with van der Waals surface area (Å²) in [6.45, 7) is 0.550. The lowest BCUT2D eigenvalue weighted by Crippen LogP contribution is -2.46. The van der Waals surface area contributed by atoms with Gasteiger partial charge in [0.15, 0.2) is 5.96 Å². The molecule has 1 aliphatic rings. The van der Waals surface area contributed by atoms with Gasteiger partial charge in [0, 0.05) is 30.4 Å². The molecule has 1 aliphatic carbocycles. The molecular weight excluding hydrogens is 450 g/mol. The largest absolute Gasteiger partial charge is 0.390 e. The zero-order valence-corrected chi connectivity index (χ0v) is 16.9. The van der Waals surface area contributed by atoms with Crippen LogP contribution >= 0.6 is 35.3 Å². The second-order valence-corrected chi connectivity index (χ2v) is 6.98. The highest BCUT2D eigenvalue weighted by Gasteiger charge is 2.35. The molecular formula is C16H25F3IN3S. The number of nitrogens with one attached hydrogen (secondary N) is 2. The third kappa shape index (κ3) is 6.42. The number of nitrogens with zero attached hydrogens (tertiary/aromatic N) is 1. The molecule has 1 aromatic heterocycles. The van der Waals surface area contributed by atoms with Crippen molar-refractivity contribution < 1.29 is 13.2 Å². The minimum absolute atomic E-state index is 0. The number of thiophene rings is 1. The summed E-state index contributed by atoms with van der Waals surface area (Å²) in [6.07, 6.45) is 0.863. The first-order valence-electron chi connectivity index (χ1n) is 8.00. The normalized spacial score (nSPS) is 17.9. The highest BCUT2D eigenvalue weighted by Crippen LogP contribution is 2.41. The second-order valence-electron chi connectivity index (χ2n) is 6.04. The average molecular weight is 475 g/mol. The van der Waals surface area contributed by atoms with Crippen molar-refractivity contribution in [3.63, 3.8) is 0 Å². The molecule has 1 heterocycles. The van der Waals surface area contributed by atoms with Crippen LogP contribution in [0.2, 0.25) is 0 Å². The second kappa shape index (κ2) is 9.84. The Kier molecular flexibility index (Phi) is 8.83. The topological polar surface area (TPSA) is 36.4 Å². The van der Waals surface area contributed by atoms with E-state index in [1.54, 1.807) is 18.4 Å². The Labute approximate surface area is 162 Å². The lowest BCUT2D eigenvalue weighted by molar-refractivity contribution is -0.132. The van der Waals surface area contributed by atoms with E-state index in [0.717, 1.165) is 12.8 Å². The van der Waals surface area contributed by atoms with Crippen LogP contribution in [-0.2, 0) is 5.41 Å². The molecule has 0 bridgehead atoms.